The van der Waals surface area contributed by atoms with Gasteiger partial charge in [-0.25, -0.2) is 0 Å². The molecule has 0 saturated carbocycles. The van der Waals surface area contributed by atoms with Crippen LogP contribution in [0.25, 0.3) is 0 Å². The van der Waals surface area contributed by atoms with Crippen LogP contribution in [-0.4, -0.2) is 138 Å². The number of phenols is 2. The molecule has 51 heavy (non-hydrogen) atoms. The summed E-state index contributed by atoms with van der Waals surface area (Å²) in [5.74, 6) is -2.65. The highest BCUT2D eigenvalue weighted by Crippen LogP contribution is 2.53. The van der Waals surface area contributed by atoms with Crippen molar-refractivity contribution in [1.29, 1.82) is 0 Å². The van der Waals surface area contributed by atoms with E-state index in [1.165, 1.54) is 19.2 Å². The van der Waals surface area contributed by atoms with Crippen molar-refractivity contribution in [2.24, 2.45) is 5.92 Å². The van der Waals surface area contributed by atoms with E-state index in [0.29, 0.717) is 32.7 Å². The average Bonchev–Trinajstić information content (AvgIpc) is 3.64. The largest absolute Gasteiger partial charge is 0.507 e. The highest BCUT2D eigenvalue weighted by Gasteiger charge is 2.56. The van der Waals surface area contributed by atoms with E-state index in [1.807, 2.05) is 6.92 Å². The fourth-order valence-electron chi connectivity index (χ4n) is 9.40. The minimum atomic E-state index is -2.07. The number of carbonyl (C=O) groups is 3. The first-order valence-electron chi connectivity index (χ1n) is 17.5. The van der Waals surface area contributed by atoms with E-state index >= 15 is 0 Å². The quantitative estimate of drug-likeness (QED) is 0.270. The molecule has 15 heteroatoms. The van der Waals surface area contributed by atoms with Gasteiger partial charge in [-0.3, -0.25) is 19.3 Å². The van der Waals surface area contributed by atoms with Gasteiger partial charge in [0, 0.05) is 87.2 Å². The smallest absolute Gasteiger partial charge is 0.255 e. The number of likely N-dealkylation sites (tertiary alicyclic amines) is 1. The number of carbonyl (C=O) groups excluding carboxylic acids is 3. The van der Waals surface area contributed by atoms with Gasteiger partial charge < -0.3 is 54.0 Å². The zero-order chi connectivity index (χ0) is 35.5. The fraction of sp³-hybridized carbons (Fsp3) is 0.583. The number of fused-ring (bicyclic) bond motifs is 7. The van der Waals surface area contributed by atoms with Crippen LogP contribution in [0.4, 0.5) is 0 Å². The van der Waals surface area contributed by atoms with Crippen molar-refractivity contribution in [3.05, 3.63) is 51.6 Å². The molecule has 0 unspecified atom stereocenters. The number of amides is 1. The summed E-state index contributed by atoms with van der Waals surface area (Å²) in [4.78, 5) is 46.0. The van der Waals surface area contributed by atoms with Crippen LogP contribution < -0.4 is 10.1 Å². The zero-order valence-corrected chi connectivity index (χ0v) is 28.5. The van der Waals surface area contributed by atoms with Crippen LogP contribution in [0.5, 0.6) is 17.2 Å². The number of aromatic hydroxyl groups is 2. The first-order chi connectivity index (χ1) is 24.5. The van der Waals surface area contributed by atoms with Crippen molar-refractivity contribution in [3.63, 3.8) is 0 Å². The molecule has 4 N–H and O–H groups in total. The van der Waals surface area contributed by atoms with E-state index in [-0.39, 0.29) is 64.1 Å². The van der Waals surface area contributed by atoms with Crippen LogP contribution in [0.1, 0.15) is 68.8 Å². The topological polar surface area (TPSA) is 186 Å². The zero-order valence-electron chi connectivity index (χ0n) is 28.5. The lowest BCUT2D eigenvalue weighted by atomic mass is 9.72. The Hall–Kier alpha value is -3.67. The molecule has 5 fully saturated rings. The number of rotatable bonds is 5. The number of methoxy groups -OCH3 is 2. The third-order valence-electron chi connectivity index (χ3n) is 11.9. The van der Waals surface area contributed by atoms with Gasteiger partial charge >= 0.3 is 0 Å². The number of benzene rings is 2. The Morgan fingerprint density at radius 3 is 2.57 bits per heavy atom. The van der Waals surface area contributed by atoms with Crippen molar-refractivity contribution in [2.75, 3.05) is 47.0 Å². The molecule has 7 aliphatic rings. The Balaban J connectivity index is 1.11. The summed E-state index contributed by atoms with van der Waals surface area (Å²) in [6, 6.07) is 4.55. The Kier molecular flexibility index (Phi) is 7.76. The molecule has 9 rings (SSSR count). The van der Waals surface area contributed by atoms with E-state index in [9.17, 15) is 29.7 Å². The van der Waals surface area contributed by atoms with E-state index in [2.05, 4.69) is 10.2 Å². The number of aliphatic hydroxyl groups is 1. The van der Waals surface area contributed by atoms with E-state index in [4.69, 9.17) is 28.4 Å². The second-order valence-corrected chi connectivity index (χ2v) is 14.7. The maximum Gasteiger partial charge on any atom is 0.255 e. The molecule has 15 nitrogen and oxygen atoms in total. The van der Waals surface area contributed by atoms with Gasteiger partial charge in [0.25, 0.3) is 5.91 Å². The van der Waals surface area contributed by atoms with Crippen molar-refractivity contribution in [1.82, 2.24) is 15.1 Å². The van der Waals surface area contributed by atoms with Crippen LogP contribution in [-0.2, 0) is 34.9 Å². The summed E-state index contributed by atoms with van der Waals surface area (Å²) < 4.78 is 36.0. The third kappa shape index (κ3) is 4.83. The number of ketones is 2. The van der Waals surface area contributed by atoms with Gasteiger partial charge in [-0.2, -0.15) is 0 Å². The van der Waals surface area contributed by atoms with Crippen molar-refractivity contribution >= 4 is 17.5 Å². The average molecular weight is 708 g/mol. The summed E-state index contributed by atoms with van der Waals surface area (Å²) in [7, 11) is 2.93. The van der Waals surface area contributed by atoms with Crippen LogP contribution in [0.15, 0.2) is 18.2 Å². The highest BCUT2D eigenvalue weighted by molar-refractivity contribution is 6.31. The van der Waals surface area contributed by atoms with E-state index < -0.39 is 77.6 Å². The molecule has 2 aromatic rings. The lowest BCUT2D eigenvalue weighted by molar-refractivity contribution is -0.256. The number of nitrogens with zero attached hydrogens (tertiary/aromatic N) is 2. The van der Waals surface area contributed by atoms with Gasteiger partial charge in [-0.1, -0.05) is 12.1 Å². The van der Waals surface area contributed by atoms with E-state index in [1.54, 1.807) is 18.1 Å². The standard InChI is InChI=1S/C36H41N3O12/c1-15-32-20(39-7-8-48-34(47-3)33(39)51-32)9-23(49-15)50-22-11-36(45,35(44)38-13-16-12-37-19(16)14-38)10-18-25(22)31(43)27-26(29(18)41)28(40)17-5-4-6-21(46-2)24(17)30(27)42/h4-6,15-16,19-20,22-23,32-34,37,41,43,45H,7-14H2,1-3H3/t15-,16-,19+,20-,22-,23-,32+,33+,34-,36-/m0/s1. The molecule has 0 spiro atoms. The molecule has 5 heterocycles. The second-order valence-electron chi connectivity index (χ2n) is 14.7. The van der Waals surface area contributed by atoms with Gasteiger partial charge in [-0.15, -0.1) is 0 Å². The maximum absolute atomic E-state index is 14.2. The van der Waals surface area contributed by atoms with Crippen LogP contribution in [0, 0.1) is 5.92 Å². The van der Waals surface area contributed by atoms with E-state index in [0.717, 1.165) is 6.54 Å². The predicted molar refractivity (Wildman–Crippen MR) is 173 cm³/mol. The molecular weight excluding hydrogens is 666 g/mol. The Bertz CT molecular complexity index is 1820. The molecule has 5 aliphatic heterocycles. The highest BCUT2D eigenvalue weighted by atomic mass is 16.7. The Morgan fingerprint density at radius 1 is 1.06 bits per heavy atom. The van der Waals surface area contributed by atoms with Crippen molar-refractivity contribution < 1.29 is 58.1 Å². The summed E-state index contributed by atoms with van der Waals surface area (Å²) in [6.07, 6.45) is -4.26. The number of hydrogen-bond donors (Lipinski definition) is 4. The molecule has 10 atom stereocenters. The second kappa shape index (κ2) is 11.9. The van der Waals surface area contributed by atoms with Gasteiger partial charge in [0.05, 0.1) is 42.6 Å². The van der Waals surface area contributed by atoms with Gasteiger partial charge in [0.2, 0.25) is 5.78 Å². The normalized spacial score (nSPS) is 36.7. The summed E-state index contributed by atoms with van der Waals surface area (Å²) in [5, 5.41) is 39.5. The predicted octanol–water partition coefficient (Wildman–Crippen LogP) is 0.580. The SMILES string of the molecule is COc1cccc2c1C(=O)c1c(O)c3c(c(O)c1C2=O)C[C@@](O)(C(=O)N1C[C@@H]2CN[C@@H]2C1)C[C@@H]3O[C@H]1C[C@H]2[C@H](O[C@@H]3[C@@H](OC)OCCN32)[C@H](C)O1. The van der Waals surface area contributed by atoms with Crippen LogP contribution in [0.2, 0.25) is 0 Å². The molecular formula is C36H41N3O12. The molecule has 5 saturated heterocycles. The molecule has 1 amide bonds. The Labute approximate surface area is 293 Å². The molecule has 0 bridgehead atoms. The first-order valence-corrected chi connectivity index (χ1v) is 17.5. The molecule has 2 aliphatic carbocycles. The minimum absolute atomic E-state index is 0.00606. The number of hydrogen-bond acceptors (Lipinski definition) is 14. The Morgan fingerprint density at radius 2 is 1.86 bits per heavy atom. The first kappa shape index (κ1) is 33.2. The molecule has 0 aromatic heterocycles. The fourth-order valence-corrected chi connectivity index (χ4v) is 9.40. The summed E-state index contributed by atoms with van der Waals surface area (Å²) in [6.45, 7) is 4.59. The molecule has 0 radical (unpaired) electrons. The molecule has 2 aromatic carbocycles. The van der Waals surface area contributed by atoms with Crippen molar-refractivity contribution in [3.8, 4) is 17.2 Å². The van der Waals surface area contributed by atoms with Crippen molar-refractivity contribution in [2.45, 2.75) is 81.0 Å². The van der Waals surface area contributed by atoms with Crippen LogP contribution in [0.3, 0.4) is 0 Å². The van der Waals surface area contributed by atoms with Crippen LogP contribution >= 0.6 is 0 Å². The number of morpholine rings is 1. The summed E-state index contributed by atoms with van der Waals surface area (Å²) in [5.41, 5.74) is -2.88. The lowest BCUT2D eigenvalue weighted by Gasteiger charge is -2.44. The number of nitrogens with one attached hydrogen (secondary N) is 1. The van der Waals surface area contributed by atoms with Gasteiger partial charge in [0.1, 0.15) is 29.0 Å². The maximum atomic E-state index is 14.2. The number of phenolic OH excluding ortho intramolecular Hbond substituents is 2. The lowest BCUT2D eigenvalue weighted by Crippen LogP contribution is -2.55. The monoisotopic (exact) mass is 707 g/mol. The number of ether oxygens (including phenoxy) is 6. The molecule has 272 valence electrons. The van der Waals surface area contributed by atoms with Gasteiger partial charge in [0.15, 0.2) is 24.6 Å². The van der Waals surface area contributed by atoms with Gasteiger partial charge in [-0.05, 0) is 13.0 Å². The third-order valence-corrected chi connectivity index (χ3v) is 11.9. The minimum Gasteiger partial charge on any atom is -0.507 e. The summed E-state index contributed by atoms with van der Waals surface area (Å²) >= 11 is 0.